The molecule has 4 nitrogen and oxygen atoms in total. The van der Waals surface area contributed by atoms with Gasteiger partial charge in [-0.05, 0) is 12.8 Å². The summed E-state index contributed by atoms with van der Waals surface area (Å²) in [5.74, 6) is 0.114. The minimum Gasteiger partial charge on any atom is -0.370 e. The zero-order valence-electron chi connectivity index (χ0n) is 7.16. The van der Waals surface area contributed by atoms with Crippen molar-refractivity contribution in [3.63, 3.8) is 0 Å². The number of hydrazine groups is 1. The lowest BCUT2D eigenvalue weighted by Gasteiger charge is -2.34. The minimum absolute atomic E-state index is 0.114. The summed E-state index contributed by atoms with van der Waals surface area (Å²) in [5, 5.41) is 3.99. The molecular weight excluding hydrogens is 156 g/mol. The Hall–Kier alpha value is -0.610. The monoisotopic (exact) mass is 170 g/mol. The number of nitrogens with zero attached hydrogens (tertiary/aromatic N) is 2. The molecule has 12 heavy (non-hydrogen) atoms. The van der Waals surface area contributed by atoms with Crippen molar-refractivity contribution in [2.24, 2.45) is 0 Å². The second kappa shape index (κ2) is 3.41. The Balaban J connectivity index is 1.95. The Labute approximate surface area is 72.0 Å². The summed E-state index contributed by atoms with van der Waals surface area (Å²) in [6.07, 6.45) is 2.43. The summed E-state index contributed by atoms with van der Waals surface area (Å²) >= 11 is 0. The van der Waals surface area contributed by atoms with Gasteiger partial charge in [-0.3, -0.25) is 9.80 Å². The fourth-order valence-corrected chi connectivity index (χ4v) is 1.75. The summed E-state index contributed by atoms with van der Waals surface area (Å²) in [5.41, 5.74) is 0. The molecule has 0 aromatic carbocycles. The van der Waals surface area contributed by atoms with Gasteiger partial charge in [-0.2, -0.15) is 0 Å². The van der Waals surface area contributed by atoms with Crippen molar-refractivity contribution >= 4 is 5.91 Å². The van der Waals surface area contributed by atoms with Crippen LogP contribution in [0.15, 0.2) is 0 Å². The first-order valence-electron chi connectivity index (χ1n) is 4.51. The highest BCUT2D eigenvalue weighted by atomic mass is 16.5. The molecule has 2 saturated heterocycles. The van der Waals surface area contributed by atoms with E-state index in [-0.39, 0.29) is 12.5 Å². The summed E-state index contributed by atoms with van der Waals surface area (Å²) < 4.78 is 5.05. The van der Waals surface area contributed by atoms with Crippen LogP contribution in [0, 0.1) is 0 Å². The van der Waals surface area contributed by atoms with Crippen LogP contribution < -0.4 is 0 Å². The lowest BCUT2D eigenvalue weighted by Crippen LogP contribution is -2.51. The largest absolute Gasteiger partial charge is 0.370 e. The molecule has 4 heteroatoms. The van der Waals surface area contributed by atoms with Crippen LogP contribution >= 0.6 is 0 Å². The predicted octanol–water partition coefficient (Wildman–Crippen LogP) is -0.144. The van der Waals surface area contributed by atoms with E-state index in [0.717, 1.165) is 19.6 Å². The van der Waals surface area contributed by atoms with Crippen molar-refractivity contribution in [1.82, 2.24) is 10.0 Å². The van der Waals surface area contributed by atoms with E-state index in [2.05, 4.69) is 5.01 Å². The molecule has 0 aromatic rings. The van der Waals surface area contributed by atoms with Gasteiger partial charge in [0.2, 0.25) is 0 Å². The lowest BCUT2D eigenvalue weighted by molar-refractivity contribution is -0.162. The first kappa shape index (κ1) is 8.01. The molecule has 0 unspecified atom stereocenters. The molecular formula is C8H14N2O2. The first-order valence-corrected chi connectivity index (χ1v) is 4.51. The quantitative estimate of drug-likeness (QED) is 0.549. The van der Waals surface area contributed by atoms with Crippen molar-refractivity contribution in [3.05, 3.63) is 0 Å². The van der Waals surface area contributed by atoms with Crippen molar-refractivity contribution < 1.29 is 9.53 Å². The topological polar surface area (TPSA) is 32.8 Å². The van der Waals surface area contributed by atoms with Crippen LogP contribution in [-0.4, -0.2) is 48.8 Å². The van der Waals surface area contributed by atoms with E-state index in [1.807, 2.05) is 5.01 Å². The molecule has 0 saturated carbocycles. The summed E-state index contributed by atoms with van der Waals surface area (Å²) in [6.45, 7) is 3.75. The van der Waals surface area contributed by atoms with Crippen LogP contribution in [0.5, 0.6) is 0 Å². The average Bonchev–Trinajstić information content (AvgIpc) is 2.57. The van der Waals surface area contributed by atoms with E-state index in [1.54, 1.807) is 0 Å². The number of hydrogen-bond donors (Lipinski definition) is 0. The molecule has 0 aliphatic carbocycles. The zero-order valence-corrected chi connectivity index (χ0v) is 7.16. The maximum atomic E-state index is 11.3. The molecule has 2 aliphatic rings. The SMILES string of the molecule is O=C1COCCN1N1CCCC1. The van der Waals surface area contributed by atoms with Gasteiger partial charge in [0.25, 0.3) is 5.91 Å². The van der Waals surface area contributed by atoms with Crippen molar-refractivity contribution in [3.8, 4) is 0 Å². The number of amides is 1. The highest BCUT2D eigenvalue weighted by Gasteiger charge is 2.26. The van der Waals surface area contributed by atoms with Gasteiger partial charge in [-0.1, -0.05) is 0 Å². The van der Waals surface area contributed by atoms with E-state index in [9.17, 15) is 4.79 Å². The molecule has 68 valence electrons. The molecule has 0 spiro atoms. The number of rotatable bonds is 1. The molecule has 0 N–H and O–H groups in total. The number of carbonyl (C=O) groups excluding carboxylic acids is 1. The van der Waals surface area contributed by atoms with Gasteiger partial charge in [-0.25, -0.2) is 5.01 Å². The fraction of sp³-hybridized carbons (Fsp3) is 0.875. The first-order chi connectivity index (χ1) is 5.88. The van der Waals surface area contributed by atoms with Gasteiger partial charge in [0.05, 0.1) is 13.2 Å². The van der Waals surface area contributed by atoms with Gasteiger partial charge < -0.3 is 4.74 Å². The molecule has 0 aromatic heterocycles. The Morgan fingerprint density at radius 1 is 1.17 bits per heavy atom. The Morgan fingerprint density at radius 3 is 2.58 bits per heavy atom. The van der Waals surface area contributed by atoms with Gasteiger partial charge >= 0.3 is 0 Å². The molecule has 2 heterocycles. The summed E-state index contributed by atoms with van der Waals surface area (Å²) in [6, 6.07) is 0. The number of morpholine rings is 1. The third-order valence-electron chi connectivity index (χ3n) is 2.38. The molecule has 0 radical (unpaired) electrons. The maximum absolute atomic E-state index is 11.3. The smallest absolute Gasteiger partial charge is 0.262 e. The molecule has 0 atom stereocenters. The highest BCUT2D eigenvalue weighted by molar-refractivity contribution is 5.77. The normalized spacial score (nSPS) is 26.7. The highest BCUT2D eigenvalue weighted by Crippen LogP contribution is 2.12. The minimum atomic E-state index is 0.114. The van der Waals surface area contributed by atoms with E-state index in [1.165, 1.54) is 12.8 Å². The van der Waals surface area contributed by atoms with Crippen molar-refractivity contribution in [2.45, 2.75) is 12.8 Å². The van der Waals surface area contributed by atoms with Crippen LogP contribution in [0.4, 0.5) is 0 Å². The average molecular weight is 170 g/mol. The van der Waals surface area contributed by atoms with Gasteiger partial charge in [0, 0.05) is 13.1 Å². The molecule has 2 fully saturated rings. The second-order valence-electron chi connectivity index (χ2n) is 3.23. The Kier molecular flexibility index (Phi) is 2.28. The van der Waals surface area contributed by atoms with Crippen molar-refractivity contribution in [2.75, 3.05) is 32.8 Å². The van der Waals surface area contributed by atoms with Crippen molar-refractivity contribution in [1.29, 1.82) is 0 Å². The van der Waals surface area contributed by atoms with Crippen LogP contribution in [0.2, 0.25) is 0 Å². The van der Waals surface area contributed by atoms with Crippen LogP contribution in [0.1, 0.15) is 12.8 Å². The molecule has 2 aliphatic heterocycles. The number of carbonyl (C=O) groups is 1. The van der Waals surface area contributed by atoms with Crippen LogP contribution in [0.3, 0.4) is 0 Å². The van der Waals surface area contributed by atoms with E-state index in [0.29, 0.717) is 6.61 Å². The van der Waals surface area contributed by atoms with E-state index >= 15 is 0 Å². The van der Waals surface area contributed by atoms with Crippen LogP contribution in [0.25, 0.3) is 0 Å². The van der Waals surface area contributed by atoms with Gasteiger partial charge in [-0.15, -0.1) is 0 Å². The lowest BCUT2D eigenvalue weighted by atomic mass is 10.4. The Bertz CT molecular complexity index is 178. The van der Waals surface area contributed by atoms with Gasteiger partial charge in [0.15, 0.2) is 0 Å². The molecule has 2 rings (SSSR count). The maximum Gasteiger partial charge on any atom is 0.262 e. The third kappa shape index (κ3) is 1.44. The van der Waals surface area contributed by atoms with E-state index < -0.39 is 0 Å². The summed E-state index contributed by atoms with van der Waals surface area (Å²) in [4.78, 5) is 11.3. The standard InChI is InChI=1S/C8H14N2O2/c11-8-7-12-6-5-10(8)9-3-1-2-4-9/h1-7H2. The Morgan fingerprint density at radius 2 is 1.92 bits per heavy atom. The molecule has 0 bridgehead atoms. The van der Waals surface area contributed by atoms with E-state index in [4.69, 9.17) is 4.74 Å². The number of ether oxygens (including phenoxy) is 1. The number of hydrogen-bond acceptors (Lipinski definition) is 3. The zero-order chi connectivity index (χ0) is 8.39. The second-order valence-corrected chi connectivity index (χ2v) is 3.23. The third-order valence-corrected chi connectivity index (χ3v) is 2.38. The predicted molar refractivity (Wildman–Crippen MR) is 43.3 cm³/mol. The summed E-state index contributed by atoms with van der Waals surface area (Å²) in [7, 11) is 0. The van der Waals surface area contributed by atoms with Crippen LogP contribution in [-0.2, 0) is 9.53 Å². The van der Waals surface area contributed by atoms with Gasteiger partial charge in [0.1, 0.15) is 6.61 Å². The molecule has 1 amide bonds. The fourth-order valence-electron chi connectivity index (χ4n) is 1.75.